The van der Waals surface area contributed by atoms with Gasteiger partial charge in [0.2, 0.25) is 0 Å². The highest BCUT2D eigenvalue weighted by Crippen LogP contribution is 2.22. The first-order valence-corrected chi connectivity index (χ1v) is 6.02. The molecule has 0 aromatic heterocycles. The summed E-state index contributed by atoms with van der Waals surface area (Å²) in [5.41, 5.74) is 2.23. The van der Waals surface area contributed by atoms with E-state index in [1.807, 2.05) is 6.07 Å². The van der Waals surface area contributed by atoms with E-state index in [9.17, 15) is 18.0 Å². The van der Waals surface area contributed by atoms with Gasteiger partial charge in [0.1, 0.15) is 6.54 Å². The number of nitrogens with one attached hydrogen (secondary N) is 1. The van der Waals surface area contributed by atoms with Gasteiger partial charge in [-0.15, -0.1) is 0 Å². The van der Waals surface area contributed by atoms with Crippen molar-refractivity contribution >= 4 is 5.91 Å². The Hall–Kier alpha value is -1.56. The molecule has 1 amide bonds. The van der Waals surface area contributed by atoms with Crippen molar-refractivity contribution in [3.63, 3.8) is 0 Å². The van der Waals surface area contributed by atoms with Crippen LogP contribution < -0.4 is 5.32 Å². The summed E-state index contributed by atoms with van der Waals surface area (Å²) < 4.78 is 37.0. The molecule has 1 aliphatic rings. The van der Waals surface area contributed by atoms with Crippen LogP contribution in [-0.2, 0) is 13.0 Å². The van der Waals surface area contributed by atoms with Gasteiger partial charge in [0.05, 0.1) is 0 Å². The van der Waals surface area contributed by atoms with Crippen LogP contribution in [-0.4, -0.2) is 37.1 Å². The standard InChI is InChI=1S/C13H15F3N2O/c1-18(8-13(14,15)16)12(19)11-4-2-3-9-7-17-6-5-10(9)11/h2-4,17H,5-8H2,1H3. The van der Waals surface area contributed by atoms with Crippen molar-refractivity contribution in [2.45, 2.75) is 19.1 Å². The Kier molecular flexibility index (Phi) is 3.80. The molecule has 0 fully saturated rings. The minimum atomic E-state index is -4.37. The van der Waals surface area contributed by atoms with Gasteiger partial charge in [-0.25, -0.2) is 0 Å². The first-order chi connectivity index (χ1) is 8.88. The molecule has 0 saturated heterocycles. The second kappa shape index (κ2) is 5.21. The third-order valence-electron chi connectivity index (χ3n) is 3.13. The van der Waals surface area contributed by atoms with E-state index < -0.39 is 18.6 Å². The molecule has 1 N–H and O–H groups in total. The molecule has 0 unspecified atom stereocenters. The Balaban J connectivity index is 2.24. The highest BCUT2D eigenvalue weighted by atomic mass is 19.4. The maximum atomic E-state index is 12.3. The van der Waals surface area contributed by atoms with Gasteiger partial charge >= 0.3 is 6.18 Å². The van der Waals surface area contributed by atoms with Gasteiger partial charge in [-0.05, 0) is 30.2 Å². The Labute approximate surface area is 109 Å². The third kappa shape index (κ3) is 3.26. The van der Waals surface area contributed by atoms with E-state index in [4.69, 9.17) is 0 Å². The van der Waals surface area contributed by atoms with Crippen LogP contribution in [0, 0.1) is 0 Å². The molecule has 104 valence electrons. The van der Waals surface area contributed by atoms with Crippen molar-refractivity contribution in [1.29, 1.82) is 0 Å². The maximum Gasteiger partial charge on any atom is 0.406 e. The molecule has 0 aliphatic carbocycles. The molecule has 3 nitrogen and oxygen atoms in total. The molecule has 0 spiro atoms. The van der Waals surface area contributed by atoms with Crippen molar-refractivity contribution in [3.8, 4) is 0 Å². The number of fused-ring (bicyclic) bond motifs is 1. The molecule has 0 saturated carbocycles. The van der Waals surface area contributed by atoms with Gasteiger partial charge in [0, 0.05) is 19.2 Å². The summed E-state index contributed by atoms with van der Waals surface area (Å²) in [6, 6.07) is 5.20. The van der Waals surface area contributed by atoms with Crippen LogP contribution in [0.4, 0.5) is 13.2 Å². The molecule has 0 atom stereocenters. The van der Waals surface area contributed by atoms with Crippen LogP contribution >= 0.6 is 0 Å². The Bertz CT molecular complexity index is 485. The predicted molar refractivity (Wildman–Crippen MR) is 64.9 cm³/mol. The van der Waals surface area contributed by atoms with Gasteiger partial charge in [0.25, 0.3) is 5.91 Å². The largest absolute Gasteiger partial charge is 0.406 e. The fraction of sp³-hybridized carbons (Fsp3) is 0.462. The van der Waals surface area contributed by atoms with Gasteiger partial charge < -0.3 is 10.2 Å². The minimum absolute atomic E-state index is 0.380. The summed E-state index contributed by atoms with van der Waals surface area (Å²) >= 11 is 0. The van der Waals surface area contributed by atoms with E-state index in [0.29, 0.717) is 18.5 Å². The van der Waals surface area contributed by atoms with Crippen molar-refractivity contribution < 1.29 is 18.0 Å². The topological polar surface area (TPSA) is 32.3 Å². The van der Waals surface area contributed by atoms with Gasteiger partial charge in [0.15, 0.2) is 0 Å². The number of nitrogens with zero attached hydrogens (tertiary/aromatic N) is 1. The molecule has 0 bridgehead atoms. The first kappa shape index (κ1) is 13.9. The lowest BCUT2D eigenvalue weighted by molar-refractivity contribution is -0.138. The van der Waals surface area contributed by atoms with Crippen molar-refractivity contribution in [1.82, 2.24) is 10.2 Å². The van der Waals surface area contributed by atoms with E-state index in [2.05, 4.69) is 5.32 Å². The average Bonchev–Trinajstić information content (AvgIpc) is 2.35. The number of hydrogen-bond donors (Lipinski definition) is 1. The zero-order chi connectivity index (χ0) is 14.0. The summed E-state index contributed by atoms with van der Waals surface area (Å²) in [6.45, 7) is 0.160. The second-order valence-electron chi connectivity index (χ2n) is 4.65. The molecule has 0 radical (unpaired) electrons. The molecule has 1 aromatic carbocycles. The highest BCUT2D eigenvalue weighted by Gasteiger charge is 2.32. The smallest absolute Gasteiger partial charge is 0.333 e. The Morgan fingerprint density at radius 3 is 2.84 bits per heavy atom. The molecule has 1 heterocycles. The molecule has 6 heteroatoms. The molecule has 1 aromatic rings. The summed E-state index contributed by atoms with van der Waals surface area (Å²) in [5, 5.41) is 3.17. The summed E-state index contributed by atoms with van der Waals surface area (Å²) in [7, 11) is 1.18. The summed E-state index contributed by atoms with van der Waals surface area (Å²) in [5.74, 6) is -0.573. The van der Waals surface area contributed by atoms with E-state index >= 15 is 0 Å². The van der Waals surface area contributed by atoms with Crippen molar-refractivity contribution in [2.24, 2.45) is 0 Å². The van der Waals surface area contributed by atoms with E-state index in [-0.39, 0.29) is 0 Å². The van der Waals surface area contributed by atoms with Crippen LogP contribution in [0.2, 0.25) is 0 Å². The molecule has 1 aliphatic heterocycles. The summed E-state index contributed by atoms with van der Waals surface area (Å²) in [6.07, 6.45) is -3.71. The zero-order valence-corrected chi connectivity index (χ0v) is 10.5. The quantitative estimate of drug-likeness (QED) is 0.892. The average molecular weight is 272 g/mol. The lowest BCUT2D eigenvalue weighted by Crippen LogP contribution is -2.37. The zero-order valence-electron chi connectivity index (χ0n) is 10.5. The summed E-state index contributed by atoms with van der Waals surface area (Å²) in [4.78, 5) is 12.8. The fourth-order valence-electron chi connectivity index (χ4n) is 2.28. The number of rotatable bonds is 2. The molecule has 19 heavy (non-hydrogen) atoms. The number of carbonyl (C=O) groups excluding carboxylic acids is 1. The Morgan fingerprint density at radius 2 is 2.16 bits per heavy atom. The molecular formula is C13H15F3N2O. The number of carbonyl (C=O) groups is 1. The normalized spacial score (nSPS) is 14.9. The van der Waals surface area contributed by atoms with Crippen molar-refractivity contribution in [2.75, 3.05) is 20.1 Å². The fourth-order valence-corrected chi connectivity index (χ4v) is 2.28. The maximum absolute atomic E-state index is 12.3. The second-order valence-corrected chi connectivity index (χ2v) is 4.65. The number of hydrogen-bond acceptors (Lipinski definition) is 2. The highest BCUT2D eigenvalue weighted by molar-refractivity contribution is 5.96. The van der Waals surface area contributed by atoms with Crippen LogP contribution in [0.25, 0.3) is 0 Å². The van der Waals surface area contributed by atoms with E-state index in [0.717, 1.165) is 22.6 Å². The predicted octanol–water partition coefficient (Wildman–Crippen LogP) is 1.97. The number of halogens is 3. The third-order valence-corrected chi connectivity index (χ3v) is 3.13. The number of benzene rings is 1. The van der Waals surface area contributed by atoms with Gasteiger partial charge in [-0.3, -0.25) is 4.79 Å². The minimum Gasteiger partial charge on any atom is -0.333 e. The number of amides is 1. The van der Waals surface area contributed by atoms with Crippen LogP contribution in [0.5, 0.6) is 0 Å². The Morgan fingerprint density at radius 1 is 1.42 bits per heavy atom. The number of alkyl halides is 3. The lowest BCUT2D eigenvalue weighted by Gasteiger charge is -2.24. The van der Waals surface area contributed by atoms with Crippen LogP contribution in [0.1, 0.15) is 21.5 Å². The van der Waals surface area contributed by atoms with Gasteiger partial charge in [-0.2, -0.15) is 13.2 Å². The van der Waals surface area contributed by atoms with Crippen LogP contribution in [0.3, 0.4) is 0 Å². The van der Waals surface area contributed by atoms with Gasteiger partial charge in [-0.1, -0.05) is 12.1 Å². The monoisotopic (exact) mass is 272 g/mol. The first-order valence-electron chi connectivity index (χ1n) is 6.02. The SMILES string of the molecule is CN(CC(F)(F)F)C(=O)c1cccc2c1CCNC2. The molecule has 2 rings (SSSR count). The lowest BCUT2D eigenvalue weighted by atomic mass is 9.95. The van der Waals surface area contributed by atoms with E-state index in [1.54, 1.807) is 12.1 Å². The van der Waals surface area contributed by atoms with E-state index in [1.165, 1.54) is 7.05 Å². The molecular weight excluding hydrogens is 257 g/mol. The van der Waals surface area contributed by atoms with Crippen LogP contribution in [0.15, 0.2) is 18.2 Å². The van der Waals surface area contributed by atoms with Crippen molar-refractivity contribution in [3.05, 3.63) is 34.9 Å².